The van der Waals surface area contributed by atoms with Crippen LogP contribution in [0.3, 0.4) is 0 Å². The smallest absolute Gasteiger partial charge is 0.143 e. The predicted molar refractivity (Wildman–Crippen MR) is 336 cm³/mol. The summed E-state index contributed by atoms with van der Waals surface area (Å²) in [5.41, 5.74) is 22.1. The summed E-state index contributed by atoms with van der Waals surface area (Å²) < 4.78 is 24.4. The van der Waals surface area contributed by atoms with E-state index in [9.17, 15) is 0 Å². The minimum Gasteiger partial charge on any atom is -0.455 e. The monoisotopic (exact) mass is 1030 g/mol. The van der Waals surface area contributed by atoms with Crippen molar-refractivity contribution in [2.45, 2.75) is 27.7 Å². The molecule has 0 aliphatic heterocycles. The van der Waals surface area contributed by atoms with Crippen LogP contribution in [0.5, 0.6) is 0 Å². The molecule has 4 nitrogen and oxygen atoms in total. The maximum atomic E-state index is 6.17. The Balaban J connectivity index is 0.000000101. The van der Waals surface area contributed by atoms with Crippen molar-refractivity contribution in [3.63, 3.8) is 0 Å². The lowest BCUT2D eigenvalue weighted by Crippen LogP contribution is -1.82. The SMILES string of the molecule is Cc1ccc(-c2cccc3c2oc2ccccc23)cc1.Cc1cccc(-c2cccc3c2oc2ccccc23)c1.Cc1cccc2c1oc1c(-c3ccccc3)cccc12.Cc1ccccc1-c1cccc2c1oc1ccccc12. The fraction of sp³-hybridized carbons (Fsp3) is 0.0526. The first-order valence-corrected chi connectivity index (χ1v) is 27.2. The van der Waals surface area contributed by atoms with Gasteiger partial charge in [-0.3, -0.25) is 0 Å². The average molecular weight is 1030 g/mol. The van der Waals surface area contributed by atoms with Gasteiger partial charge in [-0.05, 0) is 79.3 Å². The Morgan fingerprint density at radius 1 is 0.200 bits per heavy atom. The van der Waals surface area contributed by atoms with E-state index in [-0.39, 0.29) is 0 Å². The van der Waals surface area contributed by atoms with E-state index in [1.165, 1.54) is 87.6 Å². The number of fused-ring (bicyclic) bond motifs is 12. The van der Waals surface area contributed by atoms with Gasteiger partial charge in [0.15, 0.2) is 0 Å². The van der Waals surface area contributed by atoms with Crippen molar-refractivity contribution in [3.05, 3.63) is 289 Å². The lowest BCUT2D eigenvalue weighted by atomic mass is 9.98. The van der Waals surface area contributed by atoms with Crippen molar-refractivity contribution in [2.24, 2.45) is 0 Å². The van der Waals surface area contributed by atoms with Crippen molar-refractivity contribution in [1.29, 1.82) is 0 Å². The van der Waals surface area contributed by atoms with Crippen LogP contribution < -0.4 is 0 Å². The van der Waals surface area contributed by atoms with Gasteiger partial charge in [0.2, 0.25) is 0 Å². The summed E-state index contributed by atoms with van der Waals surface area (Å²) in [4.78, 5) is 0. The molecule has 0 aliphatic rings. The summed E-state index contributed by atoms with van der Waals surface area (Å²) in [6, 6.07) is 92.2. The molecule has 4 aromatic heterocycles. The molecule has 384 valence electrons. The molecular formula is C76H56O4. The Kier molecular flexibility index (Phi) is 13.2. The van der Waals surface area contributed by atoms with Crippen LogP contribution in [0.1, 0.15) is 22.3 Å². The molecule has 4 heterocycles. The van der Waals surface area contributed by atoms with Gasteiger partial charge in [-0.15, -0.1) is 0 Å². The van der Waals surface area contributed by atoms with Gasteiger partial charge >= 0.3 is 0 Å². The molecule has 0 spiro atoms. The molecule has 0 amide bonds. The second-order valence-electron chi connectivity index (χ2n) is 20.5. The van der Waals surface area contributed by atoms with Gasteiger partial charge in [-0.1, -0.05) is 260 Å². The molecule has 12 aromatic carbocycles. The van der Waals surface area contributed by atoms with Crippen LogP contribution in [0.4, 0.5) is 0 Å². The Labute approximate surface area is 464 Å². The molecule has 0 saturated carbocycles. The standard InChI is InChI=1S/4C19H14O/c1-13-6-4-7-14(12-13)15-9-5-10-17-16-8-2-3-11-18(16)20-19(15)17;1-13-7-2-3-8-14(13)16-10-6-11-17-15-9-4-5-12-18(15)20-19(16)17;1-13-9-11-14(12-10-13)15-6-4-7-17-16-5-2-3-8-18(16)20-19(15)17;1-13-7-5-11-16-17-12-6-10-15(19(17)20-18(13)16)14-8-3-2-4-9-14/h4*2-12H,1H3. The quantitative estimate of drug-likeness (QED) is 0.176. The highest BCUT2D eigenvalue weighted by molar-refractivity contribution is 6.13. The van der Waals surface area contributed by atoms with Gasteiger partial charge in [-0.2, -0.15) is 0 Å². The Morgan fingerprint density at radius 3 is 1.09 bits per heavy atom. The second kappa shape index (κ2) is 21.3. The lowest BCUT2D eigenvalue weighted by molar-refractivity contribution is 0.667. The molecule has 0 aliphatic carbocycles. The van der Waals surface area contributed by atoms with Crippen LogP contribution >= 0.6 is 0 Å². The van der Waals surface area contributed by atoms with Crippen LogP contribution in [0.15, 0.2) is 285 Å². The Hall–Kier alpha value is -10.2. The number of rotatable bonds is 4. The number of benzene rings is 12. The van der Waals surface area contributed by atoms with E-state index < -0.39 is 0 Å². The summed E-state index contributed by atoms with van der Waals surface area (Å²) in [7, 11) is 0. The van der Waals surface area contributed by atoms with Gasteiger partial charge in [-0.25, -0.2) is 0 Å². The minimum atomic E-state index is 0.946. The zero-order valence-corrected chi connectivity index (χ0v) is 45.0. The van der Waals surface area contributed by atoms with Crippen LogP contribution in [0, 0.1) is 27.7 Å². The van der Waals surface area contributed by atoms with Crippen molar-refractivity contribution in [1.82, 2.24) is 0 Å². The molecule has 4 heteroatoms. The average Bonchev–Trinajstić information content (AvgIpc) is 4.39. The molecule has 0 radical (unpaired) electrons. The largest absolute Gasteiger partial charge is 0.455 e. The van der Waals surface area contributed by atoms with Crippen molar-refractivity contribution in [3.8, 4) is 44.5 Å². The van der Waals surface area contributed by atoms with Gasteiger partial charge in [0.1, 0.15) is 44.7 Å². The molecule has 0 N–H and O–H groups in total. The maximum absolute atomic E-state index is 6.17. The molecular weight excluding hydrogens is 977 g/mol. The van der Waals surface area contributed by atoms with Gasteiger partial charge in [0, 0.05) is 65.3 Å². The van der Waals surface area contributed by atoms with Crippen LogP contribution in [-0.4, -0.2) is 0 Å². The topological polar surface area (TPSA) is 52.6 Å². The fourth-order valence-corrected chi connectivity index (χ4v) is 11.1. The summed E-state index contributed by atoms with van der Waals surface area (Å²) in [5, 5.41) is 9.45. The second-order valence-corrected chi connectivity index (χ2v) is 20.5. The summed E-state index contributed by atoms with van der Waals surface area (Å²) >= 11 is 0. The van der Waals surface area contributed by atoms with E-state index in [1.54, 1.807) is 0 Å². The molecule has 0 bridgehead atoms. The maximum Gasteiger partial charge on any atom is 0.143 e. The zero-order chi connectivity index (χ0) is 54.1. The molecule has 0 fully saturated rings. The number of hydrogen-bond donors (Lipinski definition) is 0. The molecule has 80 heavy (non-hydrogen) atoms. The van der Waals surface area contributed by atoms with E-state index in [0.717, 1.165) is 66.9 Å². The Morgan fingerprint density at radius 2 is 0.550 bits per heavy atom. The number of furan rings is 4. The zero-order valence-electron chi connectivity index (χ0n) is 45.0. The first-order valence-electron chi connectivity index (χ1n) is 27.2. The van der Waals surface area contributed by atoms with Crippen molar-refractivity contribution < 1.29 is 17.7 Å². The highest BCUT2D eigenvalue weighted by Crippen LogP contribution is 2.40. The first kappa shape index (κ1) is 49.4. The fourth-order valence-electron chi connectivity index (χ4n) is 11.1. The number of hydrogen-bond acceptors (Lipinski definition) is 4. The van der Waals surface area contributed by atoms with Crippen LogP contribution in [-0.2, 0) is 0 Å². The third kappa shape index (κ3) is 9.37. The lowest BCUT2D eigenvalue weighted by Gasteiger charge is -2.06. The number of aryl methyl sites for hydroxylation is 4. The molecule has 0 atom stereocenters. The summed E-state index contributed by atoms with van der Waals surface area (Å²) in [6.07, 6.45) is 0. The first-order chi connectivity index (χ1) is 39.3. The van der Waals surface area contributed by atoms with E-state index >= 15 is 0 Å². The third-order valence-corrected chi connectivity index (χ3v) is 15.1. The molecule has 0 unspecified atom stereocenters. The van der Waals surface area contributed by atoms with E-state index in [0.29, 0.717) is 0 Å². The molecule has 16 aromatic rings. The van der Waals surface area contributed by atoms with Crippen LogP contribution in [0.2, 0.25) is 0 Å². The summed E-state index contributed by atoms with van der Waals surface area (Å²) in [6.45, 7) is 8.44. The van der Waals surface area contributed by atoms with Crippen molar-refractivity contribution in [2.75, 3.05) is 0 Å². The van der Waals surface area contributed by atoms with Crippen LogP contribution in [0.25, 0.3) is 132 Å². The highest BCUT2D eigenvalue weighted by Gasteiger charge is 2.16. The normalized spacial score (nSPS) is 11.2. The van der Waals surface area contributed by atoms with Crippen molar-refractivity contribution >= 4 is 87.8 Å². The summed E-state index contributed by atoms with van der Waals surface area (Å²) in [5.74, 6) is 0. The third-order valence-electron chi connectivity index (χ3n) is 15.1. The Bertz CT molecular complexity index is 4870. The van der Waals surface area contributed by atoms with Gasteiger partial charge in [0.05, 0.1) is 0 Å². The van der Waals surface area contributed by atoms with E-state index in [2.05, 4.69) is 252 Å². The van der Waals surface area contributed by atoms with E-state index in [1.807, 2.05) is 42.5 Å². The van der Waals surface area contributed by atoms with Gasteiger partial charge < -0.3 is 17.7 Å². The predicted octanol–water partition coefficient (Wildman–Crippen LogP) is 22.2. The van der Waals surface area contributed by atoms with E-state index in [4.69, 9.17) is 17.7 Å². The molecule has 0 saturated heterocycles. The highest BCUT2D eigenvalue weighted by atomic mass is 16.3. The number of para-hydroxylation sites is 8. The molecule has 16 rings (SSSR count). The minimum absolute atomic E-state index is 0.946. The van der Waals surface area contributed by atoms with Gasteiger partial charge in [0.25, 0.3) is 0 Å².